The predicted octanol–water partition coefficient (Wildman–Crippen LogP) is 3.40. The van der Waals surface area contributed by atoms with Crippen molar-refractivity contribution in [2.24, 2.45) is 0 Å². The lowest BCUT2D eigenvalue weighted by molar-refractivity contribution is 0.317. The Morgan fingerprint density at radius 1 is 1.24 bits per heavy atom. The largest absolute Gasteiger partial charge is 0.493 e. The summed E-state index contributed by atoms with van der Waals surface area (Å²) in [4.78, 5) is 6.65. The molecule has 0 saturated heterocycles. The number of hydrogen-bond donors (Lipinski definition) is 1. The van der Waals surface area contributed by atoms with Gasteiger partial charge in [0.25, 0.3) is 0 Å². The maximum atomic E-state index is 5.96. The van der Waals surface area contributed by atoms with Crippen molar-refractivity contribution in [2.45, 2.75) is 26.8 Å². The molecule has 0 aliphatic rings. The number of nitrogens with zero attached hydrogens (tertiary/aromatic N) is 2. The lowest BCUT2D eigenvalue weighted by atomic mass is 10.2. The third-order valence-electron chi connectivity index (χ3n) is 3.17. The first-order valence-electron chi connectivity index (χ1n) is 7.25. The van der Waals surface area contributed by atoms with Crippen LogP contribution in [0.15, 0.2) is 36.4 Å². The standard InChI is InChI=1S/C17H23N3O/c1-4-8-21-17-10-14(18)9-16(11-17)20(3)12-15-7-5-6-13(2)19-15/h5-7,9-11H,4,8,12,18H2,1-3H3. The van der Waals surface area contributed by atoms with E-state index in [9.17, 15) is 0 Å². The summed E-state index contributed by atoms with van der Waals surface area (Å²) < 4.78 is 5.67. The summed E-state index contributed by atoms with van der Waals surface area (Å²) >= 11 is 0. The van der Waals surface area contributed by atoms with Crippen LogP contribution < -0.4 is 15.4 Å². The minimum absolute atomic E-state index is 0.700. The van der Waals surface area contributed by atoms with Gasteiger partial charge in [0.2, 0.25) is 0 Å². The molecule has 0 aliphatic heterocycles. The van der Waals surface area contributed by atoms with Crippen LogP contribution in [-0.4, -0.2) is 18.6 Å². The van der Waals surface area contributed by atoms with Crippen LogP contribution in [0.3, 0.4) is 0 Å². The van der Waals surface area contributed by atoms with E-state index in [-0.39, 0.29) is 0 Å². The molecule has 2 rings (SSSR count). The van der Waals surface area contributed by atoms with Crippen LogP contribution in [0.5, 0.6) is 5.75 Å². The highest BCUT2D eigenvalue weighted by molar-refractivity contribution is 5.60. The summed E-state index contributed by atoms with van der Waals surface area (Å²) in [6.45, 7) is 5.52. The Balaban J connectivity index is 2.14. The second-order valence-corrected chi connectivity index (χ2v) is 5.24. The molecule has 1 aromatic carbocycles. The van der Waals surface area contributed by atoms with Crippen molar-refractivity contribution < 1.29 is 4.74 Å². The number of anilines is 2. The van der Waals surface area contributed by atoms with Crippen molar-refractivity contribution in [1.82, 2.24) is 4.98 Å². The van der Waals surface area contributed by atoms with Crippen molar-refractivity contribution in [1.29, 1.82) is 0 Å². The molecule has 4 heteroatoms. The summed E-state index contributed by atoms with van der Waals surface area (Å²) in [7, 11) is 2.03. The number of aryl methyl sites for hydroxylation is 1. The van der Waals surface area contributed by atoms with E-state index < -0.39 is 0 Å². The molecule has 0 aliphatic carbocycles. The number of rotatable bonds is 6. The molecule has 1 heterocycles. The Morgan fingerprint density at radius 3 is 2.76 bits per heavy atom. The summed E-state index contributed by atoms with van der Waals surface area (Å²) in [6, 6.07) is 11.9. The van der Waals surface area contributed by atoms with E-state index in [1.54, 1.807) is 0 Å². The first-order chi connectivity index (χ1) is 10.1. The van der Waals surface area contributed by atoms with Gasteiger partial charge < -0.3 is 15.4 Å². The molecule has 4 nitrogen and oxygen atoms in total. The molecule has 0 spiro atoms. The van der Waals surface area contributed by atoms with Crippen LogP contribution >= 0.6 is 0 Å². The maximum Gasteiger partial charge on any atom is 0.123 e. The highest BCUT2D eigenvalue weighted by Crippen LogP contribution is 2.26. The van der Waals surface area contributed by atoms with Crippen molar-refractivity contribution >= 4 is 11.4 Å². The SMILES string of the molecule is CCCOc1cc(N)cc(N(C)Cc2cccc(C)n2)c1. The predicted molar refractivity (Wildman–Crippen MR) is 87.7 cm³/mol. The van der Waals surface area contributed by atoms with Crippen LogP contribution in [0.4, 0.5) is 11.4 Å². The molecule has 0 atom stereocenters. The number of benzene rings is 1. The molecule has 21 heavy (non-hydrogen) atoms. The molecule has 112 valence electrons. The van der Waals surface area contributed by atoms with E-state index >= 15 is 0 Å². The number of aromatic nitrogens is 1. The number of ether oxygens (including phenoxy) is 1. The normalized spacial score (nSPS) is 10.4. The van der Waals surface area contributed by atoms with E-state index in [4.69, 9.17) is 10.5 Å². The molecule has 1 aromatic heterocycles. The third kappa shape index (κ3) is 4.38. The Morgan fingerprint density at radius 2 is 2.05 bits per heavy atom. The summed E-state index contributed by atoms with van der Waals surface area (Å²) in [5.74, 6) is 0.816. The summed E-state index contributed by atoms with van der Waals surface area (Å²) in [5, 5.41) is 0. The topological polar surface area (TPSA) is 51.4 Å². The van der Waals surface area contributed by atoms with Crippen molar-refractivity contribution in [2.75, 3.05) is 24.3 Å². The number of nitrogens with two attached hydrogens (primary N) is 1. The van der Waals surface area contributed by atoms with E-state index in [0.29, 0.717) is 12.3 Å². The minimum atomic E-state index is 0.700. The fraction of sp³-hybridized carbons (Fsp3) is 0.353. The average molecular weight is 285 g/mol. The van der Waals surface area contributed by atoms with Gasteiger partial charge in [-0.25, -0.2) is 0 Å². The zero-order valence-electron chi connectivity index (χ0n) is 13.0. The fourth-order valence-corrected chi connectivity index (χ4v) is 2.15. The molecular weight excluding hydrogens is 262 g/mol. The lowest BCUT2D eigenvalue weighted by Gasteiger charge is -2.20. The highest BCUT2D eigenvalue weighted by atomic mass is 16.5. The Bertz CT molecular complexity index is 598. The maximum absolute atomic E-state index is 5.96. The second kappa shape index (κ2) is 6.97. The Hall–Kier alpha value is -2.23. The monoisotopic (exact) mass is 285 g/mol. The van der Waals surface area contributed by atoms with Crippen molar-refractivity contribution in [3.63, 3.8) is 0 Å². The Kier molecular flexibility index (Phi) is 5.04. The first-order valence-corrected chi connectivity index (χ1v) is 7.25. The van der Waals surface area contributed by atoms with Crippen LogP contribution in [0.2, 0.25) is 0 Å². The third-order valence-corrected chi connectivity index (χ3v) is 3.17. The summed E-state index contributed by atoms with van der Waals surface area (Å²) in [6.07, 6.45) is 0.979. The van der Waals surface area contributed by atoms with Gasteiger partial charge in [-0.15, -0.1) is 0 Å². The van der Waals surface area contributed by atoms with Gasteiger partial charge in [-0.05, 0) is 31.5 Å². The van der Waals surface area contributed by atoms with E-state index in [2.05, 4.69) is 16.8 Å². The van der Waals surface area contributed by atoms with Crippen LogP contribution in [0, 0.1) is 6.92 Å². The molecular formula is C17H23N3O. The van der Waals surface area contributed by atoms with Crippen molar-refractivity contribution in [3.8, 4) is 5.75 Å². The van der Waals surface area contributed by atoms with E-state index in [1.807, 2.05) is 50.4 Å². The minimum Gasteiger partial charge on any atom is -0.493 e. The number of hydrogen-bond acceptors (Lipinski definition) is 4. The second-order valence-electron chi connectivity index (χ2n) is 5.24. The molecule has 0 unspecified atom stereocenters. The zero-order valence-corrected chi connectivity index (χ0v) is 13.0. The molecule has 2 N–H and O–H groups in total. The van der Waals surface area contributed by atoms with Gasteiger partial charge in [0.1, 0.15) is 5.75 Å². The molecule has 0 amide bonds. The molecule has 0 bridgehead atoms. The molecule has 2 aromatic rings. The number of pyridine rings is 1. The smallest absolute Gasteiger partial charge is 0.123 e. The van der Waals surface area contributed by atoms with Gasteiger partial charge >= 0.3 is 0 Å². The lowest BCUT2D eigenvalue weighted by Crippen LogP contribution is -2.17. The van der Waals surface area contributed by atoms with Crippen molar-refractivity contribution in [3.05, 3.63) is 47.8 Å². The van der Waals surface area contributed by atoms with Gasteiger partial charge in [0, 0.05) is 36.2 Å². The fourth-order valence-electron chi connectivity index (χ4n) is 2.15. The first kappa shape index (κ1) is 15.2. The van der Waals surface area contributed by atoms with Gasteiger partial charge in [0.05, 0.1) is 18.8 Å². The molecule has 0 fully saturated rings. The van der Waals surface area contributed by atoms with Crippen LogP contribution in [-0.2, 0) is 6.54 Å². The quantitative estimate of drug-likeness (QED) is 0.826. The molecule has 0 saturated carbocycles. The zero-order chi connectivity index (χ0) is 15.2. The Labute approximate surface area is 126 Å². The van der Waals surface area contributed by atoms with E-state index in [0.717, 1.165) is 35.8 Å². The van der Waals surface area contributed by atoms with Gasteiger partial charge in [0.15, 0.2) is 0 Å². The highest BCUT2D eigenvalue weighted by Gasteiger charge is 2.07. The van der Waals surface area contributed by atoms with Gasteiger partial charge in [-0.1, -0.05) is 13.0 Å². The van der Waals surface area contributed by atoms with E-state index in [1.165, 1.54) is 0 Å². The van der Waals surface area contributed by atoms with Gasteiger partial charge in [-0.2, -0.15) is 0 Å². The van der Waals surface area contributed by atoms with Crippen LogP contribution in [0.1, 0.15) is 24.7 Å². The number of nitrogen functional groups attached to an aromatic ring is 1. The molecule has 0 radical (unpaired) electrons. The van der Waals surface area contributed by atoms with Crippen LogP contribution in [0.25, 0.3) is 0 Å². The summed E-state index contributed by atoms with van der Waals surface area (Å²) in [5.41, 5.74) is 9.77. The average Bonchev–Trinajstić information content (AvgIpc) is 2.44. The van der Waals surface area contributed by atoms with Gasteiger partial charge in [-0.3, -0.25) is 4.98 Å².